The first-order chi connectivity index (χ1) is 58.4. The molecule has 3 aliphatic heterocycles. The summed E-state index contributed by atoms with van der Waals surface area (Å²) in [4.78, 5) is 128. The summed E-state index contributed by atoms with van der Waals surface area (Å²) >= 11 is 6.42. The lowest BCUT2D eigenvalue weighted by Crippen LogP contribution is -2.70. The molecule has 0 bridgehead atoms. The van der Waals surface area contributed by atoms with Crippen molar-refractivity contribution in [1.82, 2.24) is 5.32 Å². The molecule has 3 saturated heterocycles. The predicted molar refractivity (Wildman–Crippen MR) is 424 cm³/mol. The summed E-state index contributed by atoms with van der Waals surface area (Å²) < 4.78 is 126. The van der Waals surface area contributed by atoms with E-state index in [0.29, 0.717) is 22.3 Å². The number of nitrogens with one attached hydrogen (secondary N) is 1. The number of amides is 1. The number of benzene rings is 8. The quantitative estimate of drug-likeness (QED) is 0.0123. The normalized spacial score (nSPS) is 23.0. The van der Waals surface area contributed by atoms with Crippen LogP contribution in [0.2, 0.25) is 0 Å². The van der Waals surface area contributed by atoms with E-state index in [4.69, 9.17) is 102 Å². The van der Waals surface area contributed by atoms with Crippen LogP contribution in [0.25, 0.3) is 0 Å². The Balaban J connectivity index is 1.15. The molecule has 120 heavy (non-hydrogen) atoms. The summed E-state index contributed by atoms with van der Waals surface area (Å²) in [5.74, 6) is -8.54. The molecule has 632 valence electrons. The maximum atomic E-state index is 15.3. The van der Waals surface area contributed by atoms with Gasteiger partial charge in [-0.15, -0.1) is 18.2 Å². The van der Waals surface area contributed by atoms with E-state index in [2.05, 4.69) is 11.9 Å². The number of hydrogen-bond acceptors (Lipinski definition) is 28. The smallest absolute Gasteiger partial charge is 0.407 e. The van der Waals surface area contributed by atoms with Crippen LogP contribution in [0, 0.1) is 0 Å². The lowest BCUT2D eigenvalue weighted by molar-refractivity contribution is -0.399. The average molecular weight is 1670 g/mol. The maximum absolute atomic E-state index is 15.3. The lowest BCUT2D eigenvalue weighted by atomic mass is 9.92. The molecular formula is C90H92ClNO28. The standard InChI is InChI=1S/C90H92ClNO28/c1-5-47-102-68(54-104-57(2)93)72-75(106-50-60-30-14-6-15-31-60)78(113-71(96)49-91)81(108-52-62-34-18-8-19-35-62)88(118-72)120-79-76(74(69(111-59(4)95)55-105-58(3)94)117-87(80(79)107-51-61-32-16-7-17-33-61)103-48-46-92-90(101)110-53-63-36-20-9-21-37-63)119-89-82(116-86(100)67-44-28-13-29-45-67)77(115-85(99)66-42-26-12-27-43-66)73(114-84(98)65-40-24-11-25-41-65)70(112-89)56-109-83(97)64-38-22-10-23-39-64/h5-45,68-70,72-82,87-89H,1,46-56H2,2-4H3,(H,92,101)/t68-,69-,70-,72-,73-,74-,75-,76-,77+,78+,79+,80+,81+,82-,87+,88-,89+/m1/s1. The first-order valence-electron chi connectivity index (χ1n) is 38.6. The molecular weight excluding hydrogens is 1580 g/mol. The van der Waals surface area contributed by atoms with Gasteiger partial charge < -0.3 is 95.3 Å². The highest BCUT2D eigenvalue weighted by atomic mass is 35.5. The van der Waals surface area contributed by atoms with Crippen LogP contribution in [-0.2, 0) is 136 Å². The van der Waals surface area contributed by atoms with Crippen molar-refractivity contribution in [3.05, 3.63) is 300 Å². The monoisotopic (exact) mass is 1670 g/mol. The molecule has 8 aromatic carbocycles. The van der Waals surface area contributed by atoms with Crippen molar-refractivity contribution in [3.63, 3.8) is 0 Å². The van der Waals surface area contributed by atoms with Gasteiger partial charge >= 0.3 is 53.8 Å². The van der Waals surface area contributed by atoms with Crippen LogP contribution in [-0.4, -0.2) is 204 Å². The zero-order valence-electron chi connectivity index (χ0n) is 65.8. The second-order valence-corrected chi connectivity index (χ2v) is 27.8. The molecule has 3 heterocycles. The molecule has 29 nitrogen and oxygen atoms in total. The molecule has 0 aromatic heterocycles. The molecule has 11 rings (SSSR count). The minimum absolute atomic E-state index is 0.0256. The number of rotatable bonds is 40. The lowest BCUT2D eigenvalue weighted by Gasteiger charge is -2.52. The Kier molecular flexibility index (Phi) is 34.3. The van der Waals surface area contributed by atoms with E-state index in [9.17, 15) is 33.6 Å². The van der Waals surface area contributed by atoms with Crippen molar-refractivity contribution < 1.29 is 133 Å². The number of halogens is 1. The number of alkyl carbamates (subject to hydrolysis) is 1. The number of carbonyl (C=O) groups is 9. The highest BCUT2D eigenvalue weighted by Gasteiger charge is 2.61. The van der Waals surface area contributed by atoms with Gasteiger partial charge in [-0.25, -0.2) is 24.0 Å². The van der Waals surface area contributed by atoms with E-state index in [-0.39, 0.29) is 61.8 Å². The SMILES string of the molecule is C=CCO[C@H](COC(C)=O)[C@H]1O[C@H](O[C@H]2[C@H](O[C@@H]3O[C@H](COC(=O)c4ccccc4)[C@@H](OC(=O)c4ccccc4)[C@H](OC(=O)c4ccccc4)[C@H]3OC(=O)c3ccccc3)[C@@H]([C@@H](COC(C)=O)OC(C)=O)O[C@H](OCCNC(=O)OCc3ccccc3)[C@H]2OCc2ccccc2)[C@@H](OCc2ccccc2)[C@@H](OC(=O)CCl)[C@@H]1OCc1ccccc1. The van der Waals surface area contributed by atoms with E-state index in [1.807, 2.05) is 0 Å². The molecule has 0 saturated carbocycles. The van der Waals surface area contributed by atoms with Crippen LogP contribution in [0.1, 0.15) is 84.5 Å². The third kappa shape index (κ3) is 26.2. The van der Waals surface area contributed by atoms with Gasteiger partial charge in [-0.2, -0.15) is 0 Å². The third-order valence-electron chi connectivity index (χ3n) is 18.9. The zero-order valence-corrected chi connectivity index (χ0v) is 66.5. The van der Waals surface area contributed by atoms with Crippen LogP contribution >= 0.6 is 11.6 Å². The van der Waals surface area contributed by atoms with Crippen molar-refractivity contribution in [2.75, 3.05) is 45.5 Å². The Morgan fingerprint density at radius 2 is 0.783 bits per heavy atom. The van der Waals surface area contributed by atoms with Crippen molar-refractivity contribution in [2.45, 2.75) is 152 Å². The zero-order chi connectivity index (χ0) is 84.5. The van der Waals surface area contributed by atoms with Crippen molar-refractivity contribution >= 4 is 65.4 Å². The summed E-state index contributed by atoms with van der Waals surface area (Å²) in [7, 11) is 0. The van der Waals surface area contributed by atoms with Crippen molar-refractivity contribution in [2.24, 2.45) is 0 Å². The van der Waals surface area contributed by atoms with Crippen LogP contribution in [0.3, 0.4) is 0 Å². The Morgan fingerprint density at radius 1 is 0.392 bits per heavy atom. The largest absolute Gasteiger partial charge is 0.463 e. The van der Waals surface area contributed by atoms with E-state index in [1.165, 1.54) is 61.5 Å². The summed E-state index contributed by atoms with van der Waals surface area (Å²) in [6.45, 7) is 2.99. The van der Waals surface area contributed by atoms with Gasteiger partial charge in [0.15, 0.2) is 49.4 Å². The van der Waals surface area contributed by atoms with E-state index >= 15 is 9.59 Å². The molecule has 17 atom stereocenters. The number of esters is 8. The predicted octanol–water partition coefficient (Wildman–Crippen LogP) is 10.9. The minimum atomic E-state index is -2.29. The van der Waals surface area contributed by atoms with E-state index < -0.39 is 190 Å². The van der Waals surface area contributed by atoms with Crippen LogP contribution in [0.4, 0.5) is 4.79 Å². The fraction of sp³-hybridized carbons (Fsp3) is 0.344. The Bertz CT molecular complexity index is 4570. The van der Waals surface area contributed by atoms with E-state index in [0.717, 1.165) is 13.8 Å². The number of hydrogen-bond donors (Lipinski definition) is 1. The van der Waals surface area contributed by atoms with E-state index in [1.54, 1.807) is 194 Å². The van der Waals surface area contributed by atoms with Gasteiger partial charge in [-0.3, -0.25) is 19.2 Å². The minimum Gasteiger partial charge on any atom is -0.463 e. The Morgan fingerprint density at radius 3 is 1.25 bits per heavy atom. The highest BCUT2D eigenvalue weighted by molar-refractivity contribution is 6.26. The van der Waals surface area contributed by atoms with Crippen LogP contribution in [0.5, 0.6) is 0 Å². The first-order valence-corrected chi connectivity index (χ1v) is 39.2. The number of carbonyl (C=O) groups excluding carboxylic acids is 9. The molecule has 1 N–H and O–H groups in total. The molecule has 1 amide bonds. The molecule has 3 aliphatic rings. The van der Waals surface area contributed by atoms with Gasteiger partial charge in [0.2, 0.25) is 0 Å². The van der Waals surface area contributed by atoms with Gasteiger partial charge in [0.05, 0.1) is 55.3 Å². The van der Waals surface area contributed by atoms with Gasteiger partial charge in [0, 0.05) is 27.3 Å². The molecule has 8 aromatic rings. The fourth-order valence-corrected chi connectivity index (χ4v) is 13.3. The third-order valence-corrected chi connectivity index (χ3v) is 19.1. The topological polar surface area (TPSA) is 341 Å². The molecule has 30 heteroatoms. The summed E-state index contributed by atoms with van der Waals surface area (Å²) in [5.41, 5.74) is 2.28. The van der Waals surface area contributed by atoms with Crippen LogP contribution in [0.15, 0.2) is 255 Å². The highest BCUT2D eigenvalue weighted by Crippen LogP contribution is 2.42. The average Bonchev–Trinajstić information content (AvgIpc) is 0.750. The van der Waals surface area contributed by atoms with Gasteiger partial charge in [-0.05, 0) is 70.8 Å². The van der Waals surface area contributed by atoms with Crippen molar-refractivity contribution in [1.29, 1.82) is 0 Å². The first kappa shape index (κ1) is 89.2. The number of alkyl halides is 1. The summed E-state index contributed by atoms with van der Waals surface area (Å²) in [6, 6.07) is 65.9. The summed E-state index contributed by atoms with van der Waals surface area (Å²) in [6.07, 6.45) is -31.4. The molecule has 3 fully saturated rings. The molecule has 0 aliphatic carbocycles. The van der Waals surface area contributed by atoms with Gasteiger partial charge in [-0.1, -0.05) is 200 Å². The molecule has 0 radical (unpaired) electrons. The number of ether oxygens (including phenoxy) is 19. The van der Waals surface area contributed by atoms with Gasteiger partial charge in [0.25, 0.3) is 0 Å². The summed E-state index contributed by atoms with van der Waals surface area (Å²) in [5, 5.41) is 2.67. The Hall–Kier alpha value is -11.6. The molecule has 0 spiro atoms. The fourth-order valence-electron chi connectivity index (χ4n) is 13.3. The molecule has 0 unspecified atom stereocenters. The Labute approximate surface area is 697 Å². The van der Waals surface area contributed by atoms with Crippen LogP contribution < -0.4 is 5.32 Å². The second kappa shape index (κ2) is 46.1. The van der Waals surface area contributed by atoms with Crippen molar-refractivity contribution in [3.8, 4) is 0 Å². The second-order valence-electron chi connectivity index (χ2n) is 27.5. The van der Waals surface area contributed by atoms with Gasteiger partial charge in [0.1, 0.15) is 87.2 Å². The maximum Gasteiger partial charge on any atom is 0.407 e.